The lowest BCUT2D eigenvalue weighted by atomic mass is 10.3. The molecule has 0 aliphatic rings. The molecule has 0 fully saturated rings. The first-order valence-corrected chi connectivity index (χ1v) is 7.99. The SMILES string of the molecule is CC(NS(=O)(=O)c1ccc(C(N)=S)s1)C(=O)N(C)C. The topological polar surface area (TPSA) is 92.5 Å². The average Bonchev–Trinajstić information content (AvgIpc) is 2.77. The van der Waals surface area contributed by atoms with Crippen molar-refractivity contribution < 1.29 is 13.2 Å². The van der Waals surface area contributed by atoms with Gasteiger partial charge >= 0.3 is 0 Å². The monoisotopic (exact) mass is 321 g/mol. The Morgan fingerprint density at radius 2 is 2.05 bits per heavy atom. The highest BCUT2D eigenvalue weighted by Gasteiger charge is 2.24. The summed E-state index contributed by atoms with van der Waals surface area (Å²) in [5.41, 5.74) is 5.43. The van der Waals surface area contributed by atoms with Crippen molar-refractivity contribution in [2.75, 3.05) is 14.1 Å². The Morgan fingerprint density at radius 3 is 2.47 bits per heavy atom. The Balaban J connectivity index is 2.92. The van der Waals surface area contributed by atoms with E-state index < -0.39 is 16.1 Å². The standard InChI is InChI=1S/C10H15N3O3S3/c1-6(10(14)13(2)3)12-19(15,16)8-5-4-7(18-8)9(11)17/h4-6,12H,1-3H3,(H2,11,17). The number of hydrogen-bond acceptors (Lipinski definition) is 5. The van der Waals surface area contributed by atoms with Crippen LogP contribution in [0.25, 0.3) is 0 Å². The van der Waals surface area contributed by atoms with Crippen molar-refractivity contribution in [1.82, 2.24) is 9.62 Å². The molecule has 1 aromatic rings. The number of nitrogens with zero attached hydrogens (tertiary/aromatic N) is 1. The van der Waals surface area contributed by atoms with Crippen LogP contribution in [0.3, 0.4) is 0 Å². The summed E-state index contributed by atoms with van der Waals surface area (Å²) in [5, 5.41) is 0. The van der Waals surface area contributed by atoms with Crippen LogP contribution in [0.1, 0.15) is 11.8 Å². The van der Waals surface area contributed by atoms with Crippen LogP contribution in [0.2, 0.25) is 0 Å². The zero-order valence-electron chi connectivity index (χ0n) is 10.7. The van der Waals surface area contributed by atoms with Gasteiger partial charge in [-0.3, -0.25) is 4.79 Å². The molecule has 0 aromatic carbocycles. The molecule has 0 saturated heterocycles. The fourth-order valence-corrected chi connectivity index (χ4v) is 3.89. The van der Waals surface area contributed by atoms with Gasteiger partial charge in [0.2, 0.25) is 5.91 Å². The van der Waals surface area contributed by atoms with Crippen molar-refractivity contribution in [3.8, 4) is 0 Å². The molecule has 1 amide bonds. The van der Waals surface area contributed by atoms with Crippen molar-refractivity contribution in [2.45, 2.75) is 17.2 Å². The van der Waals surface area contributed by atoms with E-state index in [1.807, 2.05) is 0 Å². The number of amides is 1. The quantitative estimate of drug-likeness (QED) is 0.753. The number of hydrogen-bond donors (Lipinski definition) is 2. The maximum absolute atomic E-state index is 12.1. The molecule has 0 radical (unpaired) electrons. The first-order chi connectivity index (χ1) is 8.65. The van der Waals surface area contributed by atoms with Crippen LogP contribution in [0.5, 0.6) is 0 Å². The van der Waals surface area contributed by atoms with Crippen molar-refractivity contribution >= 4 is 44.5 Å². The van der Waals surface area contributed by atoms with Gasteiger partial charge in [-0.15, -0.1) is 11.3 Å². The summed E-state index contributed by atoms with van der Waals surface area (Å²) in [6, 6.07) is 2.12. The second kappa shape index (κ2) is 5.95. The highest BCUT2D eigenvalue weighted by Crippen LogP contribution is 2.21. The van der Waals surface area contributed by atoms with Crippen molar-refractivity contribution in [1.29, 1.82) is 0 Å². The highest BCUT2D eigenvalue weighted by molar-refractivity contribution is 7.91. The molecule has 0 aliphatic heterocycles. The molecular weight excluding hydrogens is 306 g/mol. The van der Waals surface area contributed by atoms with Crippen LogP contribution in [-0.4, -0.2) is 44.4 Å². The Labute approximate surface area is 121 Å². The van der Waals surface area contributed by atoms with Gasteiger partial charge in [0, 0.05) is 14.1 Å². The van der Waals surface area contributed by atoms with E-state index in [1.54, 1.807) is 20.2 Å². The molecule has 0 saturated carbocycles. The Hall–Kier alpha value is -1.03. The molecule has 1 atom stereocenters. The molecule has 3 N–H and O–H groups in total. The largest absolute Gasteiger partial charge is 0.389 e. The molecule has 1 rings (SSSR count). The smallest absolute Gasteiger partial charge is 0.250 e. The second-order valence-electron chi connectivity index (χ2n) is 4.06. The van der Waals surface area contributed by atoms with E-state index in [0.717, 1.165) is 11.3 Å². The van der Waals surface area contributed by atoms with Gasteiger partial charge in [0.25, 0.3) is 10.0 Å². The summed E-state index contributed by atoms with van der Waals surface area (Å²) in [6.07, 6.45) is 0. The summed E-state index contributed by atoms with van der Waals surface area (Å²) >= 11 is 5.74. The predicted molar refractivity (Wildman–Crippen MR) is 78.7 cm³/mol. The molecule has 19 heavy (non-hydrogen) atoms. The van der Waals surface area contributed by atoms with E-state index in [2.05, 4.69) is 4.72 Å². The molecule has 106 valence electrons. The predicted octanol–water partition coefficient (Wildman–Crippen LogP) is 0.137. The molecular formula is C10H15N3O3S3. The second-order valence-corrected chi connectivity index (χ2v) is 7.52. The number of carbonyl (C=O) groups is 1. The number of sulfonamides is 1. The minimum Gasteiger partial charge on any atom is -0.389 e. The first kappa shape index (κ1) is 16.0. The highest BCUT2D eigenvalue weighted by atomic mass is 32.2. The maximum atomic E-state index is 12.1. The molecule has 1 aromatic heterocycles. The molecule has 6 nitrogen and oxygen atoms in total. The van der Waals surface area contributed by atoms with E-state index in [-0.39, 0.29) is 15.1 Å². The van der Waals surface area contributed by atoms with Crippen molar-refractivity contribution in [3.63, 3.8) is 0 Å². The van der Waals surface area contributed by atoms with Gasteiger partial charge in [-0.1, -0.05) is 12.2 Å². The van der Waals surface area contributed by atoms with Gasteiger partial charge < -0.3 is 10.6 Å². The number of carbonyl (C=O) groups excluding carboxylic acids is 1. The number of nitrogens with two attached hydrogens (primary N) is 1. The summed E-state index contributed by atoms with van der Waals surface area (Å²) in [6.45, 7) is 1.49. The zero-order valence-corrected chi connectivity index (χ0v) is 13.2. The third-order valence-corrected chi connectivity index (χ3v) is 5.73. The minimum absolute atomic E-state index is 0.0775. The maximum Gasteiger partial charge on any atom is 0.250 e. The van der Waals surface area contributed by atoms with Crippen LogP contribution >= 0.6 is 23.6 Å². The minimum atomic E-state index is -3.74. The fraction of sp³-hybridized carbons (Fsp3) is 0.400. The molecule has 0 spiro atoms. The first-order valence-electron chi connectivity index (χ1n) is 5.28. The van der Waals surface area contributed by atoms with E-state index in [1.165, 1.54) is 17.9 Å². The fourth-order valence-electron chi connectivity index (χ4n) is 1.33. The number of thiocarbonyl (C=S) groups is 1. The van der Waals surface area contributed by atoms with Crippen molar-refractivity contribution in [2.24, 2.45) is 5.73 Å². The third-order valence-electron chi connectivity index (χ3n) is 2.23. The van der Waals surface area contributed by atoms with Crippen LogP contribution in [0, 0.1) is 0 Å². The van der Waals surface area contributed by atoms with E-state index in [0.29, 0.717) is 4.88 Å². The van der Waals surface area contributed by atoms with Crippen LogP contribution in [0.4, 0.5) is 0 Å². The van der Waals surface area contributed by atoms with Gasteiger partial charge in [-0.25, -0.2) is 8.42 Å². The van der Waals surface area contributed by atoms with Gasteiger partial charge in [-0.05, 0) is 19.1 Å². The van der Waals surface area contributed by atoms with E-state index in [9.17, 15) is 13.2 Å². The van der Waals surface area contributed by atoms with Gasteiger partial charge in [0.05, 0.1) is 10.9 Å². The third kappa shape index (κ3) is 3.96. The number of thiophene rings is 1. The van der Waals surface area contributed by atoms with E-state index >= 15 is 0 Å². The van der Waals surface area contributed by atoms with Crippen LogP contribution < -0.4 is 10.5 Å². The summed E-state index contributed by atoms with van der Waals surface area (Å²) in [7, 11) is -0.627. The van der Waals surface area contributed by atoms with Crippen LogP contribution in [-0.2, 0) is 14.8 Å². The average molecular weight is 321 g/mol. The Morgan fingerprint density at radius 1 is 1.47 bits per heavy atom. The Kier molecular flexibility index (Phi) is 5.02. The summed E-state index contributed by atoms with van der Waals surface area (Å²) in [4.78, 5) is 13.6. The molecule has 9 heteroatoms. The summed E-state index contributed by atoms with van der Waals surface area (Å²) in [5.74, 6) is -0.324. The Bertz CT molecular complexity index is 592. The molecule has 0 aliphatic carbocycles. The lowest BCUT2D eigenvalue weighted by molar-refractivity contribution is -0.130. The number of rotatable bonds is 5. The van der Waals surface area contributed by atoms with Crippen LogP contribution in [0.15, 0.2) is 16.3 Å². The van der Waals surface area contributed by atoms with Gasteiger partial charge in [0.1, 0.15) is 9.20 Å². The lowest BCUT2D eigenvalue weighted by Crippen LogP contribution is -2.43. The molecule has 1 unspecified atom stereocenters. The van der Waals surface area contributed by atoms with Crippen molar-refractivity contribution in [3.05, 3.63) is 17.0 Å². The zero-order chi connectivity index (χ0) is 14.8. The van der Waals surface area contributed by atoms with Gasteiger partial charge in [-0.2, -0.15) is 4.72 Å². The molecule has 1 heterocycles. The number of nitrogens with one attached hydrogen (secondary N) is 1. The summed E-state index contributed by atoms with van der Waals surface area (Å²) < 4.78 is 26.5. The lowest BCUT2D eigenvalue weighted by Gasteiger charge is -2.17. The number of likely N-dealkylation sites (N-methyl/N-ethyl adjacent to an activating group) is 1. The van der Waals surface area contributed by atoms with E-state index in [4.69, 9.17) is 18.0 Å². The normalized spacial score (nSPS) is 13.0. The van der Waals surface area contributed by atoms with Gasteiger partial charge in [0.15, 0.2) is 0 Å². The molecule has 0 bridgehead atoms.